The first-order valence-electron chi connectivity index (χ1n) is 8.34. The van der Waals surface area contributed by atoms with Crippen molar-refractivity contribution in [3.8, 4) is 5.75 Å². The molecular formula is C20H20N2O6. The van der Waals surface area contributed by atoms with Crippen molar-refractivity contribution in [1.82, 2.24) is 0 Å². The fraction of sp³-hybridized carbons (Fsp3) is 0.200. The van der Waals surface area contributed by atoms with Crippen molar-refractivity contribution in [3.05, 3.63) is 53.6 Å². The van der Waals surface area contributed by atoms with Gasteiger partial charge in [-0.25, -0.2) is 4.79 Å². The van der Waals surface area contributed by atoms with E-state index >= 15 is 0 Å². The van der Waals surface area contributed by atoms with Gasteiger partial charge in [-0.3, -0.25) is 14.4 Å². The molecule has 2 amide bonds. The fourth-order valence-electron chi connectivity index (χ4n) is 2.36. The Hall–Kier alpha value is -3.68. The molecule has 0 unspecified atom stereocenters. The molecule has 0 spiro atoms. The van der Waals surface area contributed by atoms with Crippen LogP contribution < -0.4 is 15.4 Å². The molecule has 2 rings (SSSR count). The third kappa shape index (κ3) is 5.41. The molecule has 0 saturated heterocycles. The van der Waals surface area contributed by atoms with Gasteiger partial charge in [0.1, 0.15) is 5.75 Å². The highest BCUT2D eigenvalue weighted by molar-refractivity contribution is 6.02. The first-order chi connectivity index (χ1) is 13.3. The summed E-state index contributed by atoms with van der Waals surface area (Å²) in [6.45, 7) is 2.33. The van der Waals surface area contributed by atoms with Crippen molar-refractivity contribution in [2.75, 3.05) is 24.4 Å². The molecule has 0 aliphatic heterocycles. The zero-order chi connectivity index (χ0) is 20.7. The number of Topliss-reactive ketones (excluding diaryl/α,β-unsaturated/α-hetero) is 1. The van der Waals surface area contributed by atoms with Gasteiger partial charge in [-0.1, -0.05) is 12.1 Å². The van der Waals surface area contributed by atoms with E-state index in [1.807, 2.05) is 0 Å². The number of para-hydroxylation sites is 1. The molecule has 0 fully saturated rings. The maximum Gasteiger partial charge on any atom is 0.339 e. The van der Waals surface area contributed by atoms with Gasteiger partial charge in [0.2, 0.25) is 5.91 Å². The molecule has 146 valence electrons. The van der Waals surface area contributed by atoms with Gasteiger partial charge in [0, 0.05) is 12.5 Å². The van der Waals surface area contributed by atoms with Crippen molar-refractivity contribution in [1.29, 1.82) is 0 Å². The van der Waals surface area contributed by atoms with Crippen LogP contribution in [0.15, 0.2) is 42.5 Å². The van der Waals surface area contributed by atoms with Crippen molar-refractivity contribution < 1.29 is 28.7 Å². The number of amides is 2. The lowest BCUT2D eigenvalue weighted by atomic mass is 10.1. The zero-order valence-corrected chi connectivity index (χ0v) is 15.7. The molecule has 0 aliphatic carbocycles. The summed E-state index contributed by atoms with van der Waals surface area (Å²) in [5.74, 6) is -1.44. The van der Waals surface area contributed by atoms with E-state index in [1.54, 1.807) is 24.3 Å². The maximum atomic E-state index is 12.3. The number of ether oxygens (including phenoxy) is 2. The Balaban J connectivity index is 2.14. The van der Waals surface area contributed by atoms with Crippen LogP contribution in [-0.2, 0) is 14.3 Å². The van der Waals surface area contributed by atoms with Crippen LogP contribution in [0.2, 0.25) is 0 Å². The SMILES string of the molecule is COC(=O)c1ccccc1NC(=O)COc1cc(C(C)=O)ccc1NC(C)=O. The largest absolute Gasteiger partial charge is 0.482 e. The summed E-state index contributed by atoms with van der Waals surface area (Å²) in [6, 6.07) is 10.9. The molecule has 2 aromatic carbocycles. The van der Waals surface area contributed by atoms with Crippen molar-refractivity contribution in [2.24, 2.45) is 0 Å². The molecule has 2 N–H and O–H groups in total. The molecule has 8 heteroatoms. The Labute approximate surface area is 161 Å². The van der Waals surface area contributed by atoms with Crippen LogP contribution in [0.25, 0.3) is 0 Å². The normalized spacial score (nSPS) is 9.96. The lowest BCUT2D eigenvalue weighted by Gasteiger charge is -2.14. The van der Waals surface area contributed by atoms with E-state index in [9.17, 15) is 19.2 Å². The van der Waals surface area contributed by atoms with Crippen LogP contribution in [0.4, 0.5) is 11.4 Å². The third-order valence-corrected chi connectivity index (χ3v) is 3.66. The number of rotatable bonds is 7. The Kier molecular flexibility index (Phi) is 6.86. The molecule has 0 saturated carbocycles. The van der Waals surface area contributed by atoms with Gasteiger partial charge in [0.15, 0.2) is 12.4 Å². The third-order valence-electron chi connectivity index (χ3n) is 3.66. The quantitative estimate of drug-likeness (QED) is 0.561. The van der Waals surface area contributed by atoms with E-state index in [4.69, 9.17) is 4.74 Å². The molecule has 2 aromatic rings. The first kappa shape index (κ1) is 20.6. The second-order valence-corrected chi connectivity index (χ2v) is 5.82. The molecule has 0 bridgehead atoms. The van der Waals surface area contributed by atoms with E-state index in [0.29, 0.717) is 11.3 Å². The second-order valence-electron chi connectivity index (χ2n) is 5.82. The number of benzene rings is 2. The number of anilines is 2. The second kappa shape index (κ2) is 9.31. The van der Waals surface area contributed by atoms with Crippen molar-refractivity contribution >= 4 is 34.9 Å². The Morgan fingerprint density at radius 3 is 2.29 bits per heavy atom. The van der Waals surface area contributed by atoms with Crippen LogP contribution in [0, 0.1) is 0 Å². The average molecular weight is 384 g/mol. The summed E-state index contributed by atoms with van der Waals surface area (Å²) < 4.78 is 10.2. The molecular weight excluding hydrogens is 364 g/mol. The minimum absolute atomic E-state index is 0.180. The Morgan fingerprint density at radius 2 is 1.64 bits per heavy atom. The molecule has 8 nitrogen and oxygen atoms in total. The Morgan fingerprint density at radius 1 is 0.929 bits per heavy atom. The lowest BCUT2D eigenvalue weighted by molar-refractivity contribution is -0.118. The molecule has 28 heavy (non-hydrogen) atoms. The van der Waals surface area contributed by atoms with Crippen LogP contribution >= 0.6 is 0 Å². The average Bonchev–Trinajstić information content (AvgIpc) is 2.66. The number of esters is 1. The number of methoxy groups -OCH3 is 1. The maximum absolute atomic E-state index is 12.3. The van der Waals surface area contributed by atoms with E-state index in [0.717, 1.165) is 0 Å². The van der Waals surface area contributed by atoms with Gasteiger partial charge >= 0.3 is 5.97 Å². The smallest absolute Gasteiger partial charge is 0.339 e. The standard InChI is InChI=1S/C20H20N2O6/c1-12(23)14-8-9-17(21-13(2)24)18(10-14)28-11-19(25)22-16-7-5-4-6-15(16)20(26)27-3/h4-10H,11H2,1-3H3,(H,21,24)(H,22,25). The summed E-state index contributed by atoms with van der Waals surface area (Å²) in [7, 11) is 1.25. The van der Waals surface area contributed by atoms with Gasteiger partial charge in [-0.2, -0.15) is 0 Å². The van der Waals surface area contributed by atoms with Crippen LogP contribution in [-0.4, -0.2) is 37.3 Å². The summed E-state index contributed by atoms with van der Waals surface area (Å²) in [5.41, 5.74) is 1.19. The van der Waals surface area contributed by atoms with E-state index < -0.39 is 18.5 Å². The predicted molar refractivity (Wildman–Crippen MR) is 103 cm³/mol. The van der Waals surface area contributed by atoms with Gasteiger partial charge in [0.25, 0.3) is 5.91 Å². The first-order valence-corrected chi connectivity index (χ1v) is 8.34. The number of hydrogen-bond acceptors (Lipinski definition) is 6. The molecule has 0 aliphatic rings. The zero-order valence-electron chi connectivity index (χ0n) is 15.7. The van der Waals surface area contributed by atoms with Crippen molar-refractivity contribution in [3.63, 3.8) is 0 Å². The van der Waals surface area contributed by atoms with Gasteiger partial charge in [0.05, 0.1) is 24.0 Å². The number of nitrogens with one attached hydrogen (secondary N) is 2. The van der Waals surface area contributed by atoms with Crippen LogP contribution in [0.1, 0.15) is 34.6 Å². The summed E-state index contributed by atoms with van der Waals surface area (Å²) >= 11 is 0. The summed E-state index contributed by atoms with van der Waals surface area (Å²) in [6.07, 6.45) is 0. The summed E-state index contributed by atoms with van der Waals surface area (Å²) in [5, 5.41) is 5.15. The van der Waals surface area contributed by atoms with Gasteiger partial charge in [-0.05, 0) is 37.3 Å². The molecule has 0 radical (unpaired) electrons. The van der Waals surface area contributed by atoms with E-state index in [2.05, 4.69) is 15.4 Å². The summed E-state index contributed by atoms with van der Waals surface area (Å²) in [4.78, 5) is 46.9. The minimum atomic E-state index is -0.584. The van der Waals surface area contributed by atoms with Gasteiger partial charge in [-0.15, -0.1) is 0 Å². The number of carbonyl (C=O) groups excluding carboxylic acids is 4. The lowest BCUT2D eigenvalue weighted by Crippen LogP contribution is -2.22. The highest BCUT2D eigenvalue weighted by Gasteiger charge is 2.15. The number of hydrogen-bond donors (Lipinski definition) is 2. The predicted octanol–water partition coefficient (Wildman–Crippen LogP) is 2.65. The highest BCUT2D eigenvalue weighted by Crippen LogP contribution is 2.26. The van der Waals surface area contributed by atoms with Gasteiger partial charge < -0.3 is 20.1 Å². The Bertz CT molecular complexity index is 923. The fourth-order valence-corrected chi connectivity index (χ4v) is 2.36. The van der Waals surface area contributed by atoms with Crippen LogP contribution in [0.5, 0.6) is 5.75 Å². The van der Waals surface area contributed by atoms with E-state index in [1.165, 1.54) is 39.2 Å². The number of ketones is 1. The molecule has 0 aromatic heterocycles. The molecule has 0 heterocycles. The van der Waals surface area contributed by atoms with Crippen molar-refractivity contribution in [2.45, 2.75) is 13.8 Å². The monoisotopic (exact) mass is 384 g/mol. The number of carbonyl (C=O) groups is 4. The molecule has 0 atom stereocenters. The highest BCUT2D eigenvalue weighted by atomic mass is 16.5. The van der Waals surface area contributed by atoms with Crippen LogP contribution in [0.3, 0.4) is 0 Å². The van der Waals surface area contributed by atoms with E-state index in [-0.39, 0.29) is 28.7 Å². The minimum Gasteiger partial charge on any atom is -0.482 e. The topological polar surface area (TPSA) is 111 Å².